The van der Waals surface area contributed by atoms with Crippen LogP contribution < -0.4 is 10.6 Å². The van der Waals surface area contributed by atoms with Crippen LogP contribution in [-0.2, 0) is 5.41 Å². The first-order valence-electron chi connectivity index (χ1n) is 10.1. The fraction of sp³-hybridized carbons (Fsp3) is 0.200. The van der Waals surface area contributed by atoms with Crippen molar-refractivity contribution >= 4 is 28.9 Å². The molecule has 0 aliphatic heterocycles. The molecule has 0 unspecified atom stereocenters. The zero-order valence-corrected chi connectivity index (χ0v) is 18.4. The summed E-state index contributed by atoms with van der Waals surface area (Å²) < 4.78 is 0. The summed E-state index contributed by atoms with van der Waals surface area (Å²) >= 11 is 0. The van der Waals surface area contributed by atoms with E-state index in [1.807, 2.05) is 12.1 Å². The van der Waals surface area contributed by atoms with Gasteiger partial charge in [0.05, 0.1) is 4.92 Å². The maximum atomic E-state index is 12.6. The highest BCUT2D eigenvalue weighted by molar-refractivity contribution is 6.06. The maximum absolute atomic E-state index is 12.6. The maximum Gasteiger partial charge on any atom is 0.273 e. The van der Waals surface area contributed by atoms with Crippen molar-refractivity contribution in [2.24, 2.45) is 0 Å². The van der Waals surface area contributed by atoms with E-state index in [0.29, 0.717) is 22.5 Å². The number of carbonyl (C=O) groups excluding carboxylic acids is 2. The molecule has 32 heavy (non-hydrogen) atoms. The second-order valence-corrected chi connectivity index (χ2v) is 8.57. The number of nitro groups is 1. The van der Waals surface area contributed by atoms with Gasteiger partial charge in [0.1, 0.15) is 0 Å². The van der Waals surface area contributed by atoms with Gasteiger partial charge >= 0.3 is 0 Å². The Morgan fingerprint density at radius 1 is 0.812 bits per heavy atom. The van der Waals surface area contributed by atoms with E-state index in [4.69, 9.17) is 0 Å². The summed E-state index contributed by atoms with van der Waals surface area (Å²) in [6.07, 6.45) is 0. The van der Waals surface area contributed by atoms with Crippen LogP contribution in [0.25, 0.3) is 0 Å². The Labute approximate surface area is 186 Å². The van der Waals surface area contributed by atoms with E-state index in [0.717, 1.165) is 5.56 Å². The molecule has 7 heteroatoms. The van der Waals surface area contributed by atoms with Crippen LogP contribution in [0, 0.1) is 17.0 Å². The second kappa shape index (κ2) is 9.01. The van der Waals surface area contributed by atoms with Crippen LogP contribution in [0.3, 0.4) is 0 Å². The lowest BCUT2D eigenvalue weighted by atomic mass is 9.87. The molecule has 0 saturated heterocycles. The van der Waals surface area contributed by atoms with E-state index in [1.165, 1.54) is 18.2 Å². The van der Waals surface area contributed by atoms with Crippen molar-refractivity contribution in [3.8, 4) is 0 Å². The van der Waals surface area contributed by atoms with Gasteiger partial charge in [0.25, 0.3) is 17.5 Å². The molecule has 3 aromatic rings. The van der Waals surface area contributed by atoms with Crippen molar-refractivity contribution in [1.29, 1.82) is 0 Å². The van der Waals surface area contributed by atoms with Gasteiger partial charge in [-0.15, -0.1) is 0 Å². The number of nitrogens with one attached hydrogen (secondary N) is 2. The SMILES string of the molecule is Cc1ccc(C(=O)Nc2cccc(NC(=O)c3ccc(C(C)(C)C)cc3)c2)cc1[N+](=O)[O-]. The van der Waals surface area contributed by atoms with Gasteiger partial charge in [0.2, 0.25) is 0 Å². The van der Waals surface area contributed by atoms with Gasteiger partial charge in [-0.1, -0.05) is 45.0 Å². The quantitative estimate of drug-likeness (QED) is 0.399. The monoisotopic (exact) mass is 431 g/mol. The Hall–Kier alpha value is -4.00. The number of aryl methyl sites for hydroxylation is 1. The summed E-state index contributed by atoms with van der Waals surface area (Å²) in [6, 6.07) is 18.5. The molecule has 0 aliphatic rings. The molecule has 164 valence electrons. The first-order valence-corrected chi connectivity index (χ1v) is 10.1. The number of hydrogen-bond acceptors (Lipinski definition) is 4. The highest BCUT2D eigenvalue weighted by atomic mass is 16.6. The van der Waals surface area contributed by atoms with E-state index in [9.17, 15) is 19.7 Å². The van der Waals surface area contributed by atoms with E-state index in [2.05, 4.69) is 31.4 Å². The molecular formula is C25H25N3O4. The van der Waals surface area contributed by atoms with Gasteiger partial charge < -0.3 is 10.6 Å². The molecule has 3 rings (SSSR count). The largest absolute Gasteiger partial charge is 0.322 e. The molecule has 0 fully saturated rings. The highest BCUT2D eigenvalue weighted by Gasteiger charge is 2.16. The number of rotatable bonds is 5. The normalized spacial score (nSPS) is 11.0. The molecule has 2 amide bonds. The predicted molar refractivity (Wildman–Crippen MR) is 125 cm³/mol. The van der Waals surface area contributed by atoms with Crippen LogP contribution in [-0.4, -0.2) is 16.7 Å². The topological polar surface area (TPSA) is 101 Å². The van der Waals surface area contributed by atoms with Crippen LogP contribution in [0.4, 0.5) is 17.1 Å². The number of amides is 2. The Bertz CT molecular complexity index is 1180. The van der Waals surface area contributed by atoms with Crippen LogP contribution in [0.2, 0.25) is 0 Å². The van der Waals surface area contributed by atoms with Crippen molar-refractivity contribution in [2.45, 2.75) is 33.1 Å². The third-order valence-electron chi connectivity index (χ3n) is 5.06. The highest BCUT2D eigenvalue weighted by Crippen LogP contribution is 2.23. The number of anilines is 2. The summed E-state index contributed by atoms with van der Waals surface area (Å²) in [4.78, 5) is 35.8. The minimum atomic E-state index is -0.518. The van der Waals surface area contributed by atoms with E-state index in [-0.39, 0.29) is 22.6 Å². The van der Waals surface area contributed by atoms with Crippen molar-refractivity contribution in [3.05, 3.63) is 99.1 Å². The summed E-state index contributed by atoms with van der Waals surface area (Å²) in [6.45, 7) is 7.94. The van der Waals surface area contributed by atoms with E-state index in [1.54, 1.807) is 43.3 Å². The molecule has 0 aliphatic carbocycles. The lowest BCUT2D eigenvalue weighted by molar-refractivity contribution is -0.385. The minimum absolute atomic E-state index is 0.000571. The van der Waals surface area contributed by atoms with Crippen LogP contribution in [0.15, 0.2) is 66.7 Å². The lowest BCUT2D eigenvalue weighted by Crippen LogP contribution is -2.15. The summed E-state index contributed by atoms with van der Waals surface area (Å²) in [7, 11) is 0. The third kappa shape index (κ3) is 5.37. The molecule has 0 saturated carbocycles. The lowest BCUT2D eigenvalue weighted by Gasteiger charge is -2.19. The van der Waals surface area contributed by atoms with Crippen LogP contribution in [0.1, 0.15) is 52.6 Å². The fourth-order valence-corrected chi connectivity index (χ4v) is 3.15. The first-order chi connectivity index (χ1) is 15.0. The summed E-state index contributed by atoms with van der Waals surface area (Å²) in [5, 5.41) is 16.7. The first kappa shape index (κ1) is 22.7. The van der Waals surface area contributed by atoms with E-state index < -0.39 is 10.8 Å². The average Bonchev–Trinajstić information content (AvgIpc) is 2.73. The van der Waals surface area contributed by atoms with Gasteiger partial charge in [-0.05, 0) is 54.3 Å². The number of benzene rings is 3. The van der Waals surface area contributed by atoms with Gasteiger partial charge in [0, 0.05) is 34.1 Å². The molecule has 0 radical (unpaired) electrons. The molecular weight excluding hydrogens is 406 g/mol. The van der Waals surface area contributed by atoms with Gasteiger partial charge in [-0.25, -0.2) is 0 Å². The van der Waals surface area contributed by atoms with E-state index >= 15 is 0 Å². The number of carbonyl (C=O) groups is 2. The third-order valence-corrected chi connectivity index (χ3v) is 5.06. The molecule has 0 bridgehead atoms. The fourth-order valence-electron chi connectivity index (χ4n) is 3.15. The zero-order valence-electron chi connectivity index (χ0n) is 18.4. The zero-order chi connectivity index (χ0) is 23.5. The van der Waals surface area contributed by atoms with Gasteiger partial charge in [0.15, 0.2) is 0 Å². The molecule has 0 aromatic heterocycles. The standard InChI is InChI=1S/C25H25N3O4/c1-16-8-9-18(14-22(16)28(31)32)24(30)27-21-7-5-6-20(15-21)26-23(29)17-10-12-19(13-11-17)25(2,3)4/h5-15H,1-4H3,(H,26,29)(H,27,30). The van der Waals surface area contributed by atoms with Crippen molar-refractivity contribution in [1.82, 2.24) is 0 Å². The number of nitrogens with zero attached hydrogens (tertiary/aromatic N) is 1. The molecule has 2 N–H and O–H groups in total. The molecule has 3 aromatic carbocycles. The van der Waals surface area contributed by atoms with Crippen LogP contribution >= 0.6 is 0 Å². The minimum Gasteiger partial charge on any atom is -0.322 e. The molecule has 0 atom stereocenters. The average molecular weight is 431 g/mol. The Balaban J connectivity index is 1.71. The molecule has 7 nitrogen and oxygen atoms in total. The smallest absolute Gasteiger partial charge is 0.273 e. The van der Waals surface area contributed by atoms with Gasteiger partial charge in [-0.2, -0.15) is 0 Å². The Kier molecular flexibility index (Phi) is 6.39. The van der Waals surface area contributed by atoms with Crippen LogP contribution in [0.5, 0.6) is 0 Å². The number of hydrogen-bond donors (Lipinski definition) is 2. The van der Waals surface area contributed by atoms with Crippen molar-refractivity contribution in [2.75, 3.05) is 10.6 Å². The van der Waals surface area contributed by atoms with Crippen molar-refractivity contribution in [3.63, 3.8) is 0 Å². The summed E-state index contributed by atoms with van der Waals surface area (Å²) in [5.74, 6) is -0.738. The number of nitro benzene ring substituents is 1. The summed E-state index contributed by atoms with van der Waals surface area (Å²) in [5.41, 5.74) is 3.18. The van der Waals surface area contributed by atoms with Gasteiger partial charge in [-0.3, -0.25) is 19.7 Å². The Morgan fingerprint density at radius 2 is 1.34 bits per heavy atom. The molecule has 0 heterocycles. The Morgan fingerprint density at radius 3 is 1.88 bits per heavy atom. The molecule has 0 spiro atoms. The second-order valence-electron chi connectivity index (χ2n) is 8.57. The van der Waals surface area contributed by atoms with Crippen molar-refractivity contribution < 1.29 is 14.5 Å². The predicted octanol–water partition coefficient (Wildman–Crippen LogP) is 5.71.